The summed E-state index contributed by atoms with van der Waals surface area (Å²) in [4.78, 5) is 18.4. The fourth-order valence-electron chi connectivity index (χ4n) is 3.37. The van der Waals surface area contributed by atoms with Crippen LogP contribution in [-0.4, -0.2) is 45.5 Å². The number of nitrogens with two attached hydrogens (primary N) is 1. The van der Waals surface area contributed by atoms with Gasteiger partial charge in [0.25, 0.3) is 5.91 Å². The number of halogens is 1. The summed E-state index contributed by atoms with van der Waals surface area (Å²) in [7, 11) is 2.09. The molecule has 0 radical (unpaired) electrons. The van der Waals surface area contributed by atoms with Gasteiger partial charge in [0.05, 0.1) is 11.1 Å². The maximum atomic E-state index is 13.7. The molecule has 114 valence electrons. The van der Waals surface area contributed by atoms with E-state index in [-0.39, 0.29) is 5.56 Å². The topological polar surface area (TPSA) is 79.4 Å². The number of hydrogen-bond donors (Lipinski definition) is 2. The third kappa shape index (κ3) is 1.82. The van der Waals surface area contributed by atoms with Crippen molar-refractivity contribution in [2.24, 2.45) is 5.73 Å². The van der Waals surface area contributed by atoms with Gasteiger partial charge in [0, 0.05) is 30.3 Å². The van der Waals surface area contributed by atoms with Gasteiger partial charge in [-0.25, -0.2) is 13.9 Å². The predicted octanol–water partition coefficient (Wildman–Crippen LogP) is 1.47. The summed E-state index contributed by atoms with van der Waals surface area (Å²) in [6.45, 7) is 2.01. The molecule has 1 aliphatic heterocycles. The van der Waals surface area contributed by atoms with Gasteiger partial charge in [-0.3, -0.25) is 9.89 Å². The van der Waals surface area contributed by atoms with Gasteiger partial charge in [0.15, 0.2) is 5.65 Å². The van der Waals surface area contributed by atoms with Crippen LogP contribution in [0.15, 0.2) is 18.3 Å². The molecule has 0 saturated carbocycles. The lowest BCUT2D eigenvalue weighted by atomic mass is 10.0. The van der Waals surface area contributed by atoms with Crippen LogP contribution in [0.5, 0.6) is 0 Å². The summed E-state index contributed by atoms with van der Waals surface area (Å²) >= 11 is 0. The van der Waals surface area contributed by atoms with Crippen LogP contribution in [0.3, 0.4) is 0 Å². The highest BCUT2D eigenvalue weighted by atomic mass is 19.1. The monoisotopic (exact) mass is 301 g/mol. The minimum atomic E-state index is -0.664. The molecule has 0 aliphatic carbocycles. The van der Waals surface area contributed by atoms with Crippen molar-refractivity contribution in [3.8, 4) is 0 Å². The second-order valence-electron chi connectivity index (χ2n) is 5.93. The number of nitrogens with zero attached hydrogens (tertiary/aromatic N) is 3. The Balaban J connectivity index is 1.97. The van der Waals surface area contributed by atoms with E-state index in [1.165, 1.54) is 6.07 Å². The van der Waals surface area contributed by atoms with E-state index in [4.69, 9.17) is 5.73 Å². The molecule has 3 aromatic rings. The summed E-state index contributed by atoms with van der Waals surface area (Å²) in [5, 5.41) is 3.12. The highest BCUT2D eigenvalue weighted by Crippen LogP contribution is 2.31. The molecule has 22 heavy (non-hydrogen) atoms. The van der Waals surface area contributed by atoms with Crippen LogP contribution in [-0.2, 0) is 0 Å². The predicted molar refractivity (Wildman–Crippen MR) is 80.4 cm³/mol. The van der Waals surface area contributed by atoms with Gasteiger partial charge in [0.1, 0.15) is 11.3 Å². The van der Waals surface area contributed by atoms with Crippen molar-refractivity contribution >= 4 is 22.6 Å². The second-order valence-corrected chi connectivity index (χ2v) is 5.93. The molecule has 1 fully saturated rings. The van der Waals surface area contributed by atoms with Crippen molar-refractivity contribution < 1.29 is 9.18 Å². The van der Waals surface area contributed by atoms with Crippen LogP contribution < -0.4 is 5.73 Å². The Hall–Kier alpha value is -2.41. The van der Waals surface area contributed by atoms with E-state index in [0.717, 1.165) is 36.8 Å². The van der Waals surface area contributed by atoms with Crippen molar-refractivity contribution in [3.63, 3.8) is 0 Å². The molecule has 1 aromatic carbocycles. The van der Waals surface area contributed by atoms with E-state index in [9.17, 15) is 9.18 Å². The third-order valence-electron chi connectivity index (χ3n) is 4.42. The molecular weight excluding hydrogens is 285 g/mol. The first-order valence-electron chi connectivity index (χ1n) is 7.22. The molecule has 2 aromatic heterocycles. The number of fused-ring (bicyclic) bond motifs is 3. The Morgan fingerprint density at radius 2 is 2.32 bits per heavy atom. The Kier molecular flexibility index (Phi) is 2.74. The summed E-state index contributed by atoms with van der Waals surface area (Å²) in [6, 6.07) is 2.48. The number of rotatable bonds is 2. The zero-order valence-corrected chi connectivity index (χ0v) is 12.1. The van der Waals surface area contributed by atoms with Crippen LogP contribution >= 0.6 is 0 Å². The first-order chi connectivity index (χ1) is 10.5. The van der Waals surface area contributed by atoms with E-state index >= 15 is 0 Å². The van der Waals surface area contributed by atoms with Crippen LogP contribution in [0.4, 0.5) is 4.39 Å². The maximum absolute atomic E-state index is 13.7. The summed E-state index contributed by atoms with van der Waals surface area (Å²) < 4.78 is 15.4. The van der Waals surface area contributed by atoms with Crippen molar-refractivity contribution in [1.29, 1.82) is 0 Å². The van der Waals surface area contributed by atoms with Gasteiger partial charge in [-0.2, -0.15) is 0 Å². The second kappa shape index (κ2) is 4.54. The highest BCUT2D eigenvalue weighted by Gasteiger charge is 2.26. The number of benzene rings is 1. The number of imidazole rings is 1. The largest absolute Gasteiger partial charge is 0.366 e. The number of carbonyl (C=O) groups excluding carboxylic acids is 1. The Morgan fingerprint density at radius 1 is 1.50 bits per heavy atom. The van der Waals surface area contributed by atoms with E-state index in [1.807, 2.05) is 6.20 Å². The number of nitrogens with one attached hydrogen (secondary N) is 1. The number of likely N-dealkylation sites (N-methyl/N-ethyl adjacent to an activating group) is 1. The average molecular weight is 301 g/mol. The van der Waals surface area contributed by atoms with E-state index in [1.54, 1.807) is 4.52 Å². The smallest absolute Gasteiger partial charge is 0.251 e. The minimum absolute atomic E-state index is 0.138. The molecule has 1 amide bonds. The molecule has 1 saturated heterocycles. The molecule has 0 bridgehead atoms. The molecule has 6 nitrogen and oxygen atoms in total. The van der Waals surface area contributed by atoms with Crippen molar-refractivity contribution in [1.82, 2.24) is 19.5 Å². The van der Waals surface area contributed by atoms with Crippen molar-refractivity contribution in [3.05, 3.63) is 35.3 Å². The van der Waals surface area contributed by atoms with Gasteiger partial charge in [-0.05, 0) is 26.1 Å². The Bertz CT molecular complexity index is 896. The zero-order valence-electron chi connectivity index (χ0n) is 12.1. The molecule has 7 heteroatoms. The number of amides is 1. The number of primary amides is 1. The number of aromatic amines is 1. The number of hydrogen-bond acceptors (Lipinski definition) is 3. The molecule has 1 unspecified atom stereocenters. The number of H-pyrrole nitrogens is 1. The minimum Gasteiger partial charge on any atom is -0.366 e. The normalized spacial score (nSPS) is 19.5. The summed E-state index contributed by atoms with van der Waals surface area (Å²) in [5.74, 6) is -0.787. The first-order valence-corrected chi connectivity index (χ1v) is 7.22. The molecule has 3 heterocycles. The lowest BCUT2D eigenvalue weighted by Gasteiger charge is -2.07. The summed E-state index contributed by atoms with van der Waals surface area (Å²) in [5.41, 5.74) is 8.32. The fraction of sp³-hybridized carbons (Fsp3) is 0.333. The van der Waals surface area contributed by atoms with Crippen LogP contribution in [0.2, 0.25) is 0 Å². The molecule has 3 N–H and O–H groups in total. The van der Waals surface area contributed by atoms with Crippen LogP contribution in [0, 0.1) is 5.82 Å². The molecule has 4 rings (SSSR count). The van der Waals surface area contributed by atoms with Gasteiger partial charge in [-0.15, -0.1) is 0 Å². The van der Waals surface area contributed by atoms with Crippen molar-refractivity contribution in [2.45, 2.75) is 12.3 Å². The lowest BCUT2D eigenvalue weighted by Crippen LogP contribution is -2.13. The Morgan fingerprint density at radius 3 is 3.00 bits per heavy atom. The molecule has 1 aliphatic rings. The van der Waals surface area contributed by atoms with Gasteiger partial charge < -0.3 is 10.6 Å². The lowest BCUT2D eigenvalue weighted by molar-refractivity contribution is 0.100. The van der Waals surface area contributed by atoms with Crippen LogP contribution in [0.25, 0.3) is 16.7 Å². The van der Waals surface area contributed by atoms with E-state index in [0.29, 0.717) is 17.0 Å². The quantitative estimate of drug-likeness (QED) is 0.752. The van der Waals surface area contributed by atoms with Crippen LogP contribution in [0.1, 0.15) is 28.3 Å². The number of aromatic nitrogens is 3. The average Bonchev–Trinajstić information content (AvgIpc) is 3.11. The molecule has 1 atom stereocenters. The number of likely N-dealkylation sites (tertiary alicyclic amines) is 1. The van der Waals surface area contributed by atoms with Gasteiger partial charge in [-0.1, -0.05) is 0 Å². The Labute approximate surface area is 125 Å². The van der Waals surface area contributed by atoms with Crippen molar-refractivity contribution in [2.75, 3.05) is 20.1 Å². The SMILES string of the molecule is CN1CCC(c2c[nH]n3c2nc2cc(F)cc(C(N)=O)c23)C1. The molecular formula is C15H16FN5O. The van der Waals surface area contributed by atoms with Gasteiger partial charge >= 0.3 is 0 Å². The van der Waals surface area contributed by atoms with Gasteiger partial charge in [0.2, 0.25) is 0 Å². The fourth-order valence-corrected chi connectivity index (χ4v) is 3.37. The van der Waals surface area contributed by atoms with E-state index < -0.39 is 11.7 Å². The highest BCUT2D eigenvalue weighted by molar-refractivity contribution is 6.05. The standard InChI is InChI=1S/C15H16FN5O/c1-20-3-2-8(7-20)11-6-18-21-13-10(14(17)22)4-9(16)5-12(13)19-15(11)21/h4-6,8,18H,2-3,7H2,1H3,(H2,17,22). The summed E-state index contributed by atoms with van der Waals surface area (Å²) in [6.07, 6.45) is 2.98. The molecule has 0 spiro atoms. The zero-order chi connectivity index (χ0) is 15.4. The maximum Gasteiger partial charge on any atom is 0.251 e. The third-order valence-corrected chi connectivity index (χ3v) is 4.42. The number of carbonyl (C=O) groups is 1. The first kappa shape index (κ1) is 13.3. The van der Waals surface area contributed by atoms with E-state index in [2.05, 4.69) is 22.0 Å².